The van der Waals surface area contributed by atoms with Gasteiger partial charge in [0.15, 0.2) is 0 Å². The number of rotatable bonds is 5. The average molecular weight is 239 g/mol. The van der Waals surface area contributed by atoms with Crippen molar-refractivity contribution >= 4 is 10.0 Å². The third-order valence-electron chi connectivity index (χ3n) is 2.20. The number of allylic oxidation sites excluding steroid dienone is 1. The van der Waals surface area contributed by atoms with Crippen LogP contribution in [0.2, 0.25) is 0 Å². The summed E-state index contributed by atoms with van der Waals surface area (Å²) < 4.78 is 26.3. The van der Waals surface area contributed by atoms with Gasteiger partial charge in [0.25, 0.3) is 0 Å². The second kappa shape index (κ2) is 5.27. The maximum atomic E-state index is 11.9. The molecule has 0 unspecified atom stereocenters. The Labute approximate surface area is 97.2 Å². The van der Waals surface area contributed by atoms with Crippen LogP contribution in [0.1, 0.15) is 18.1 Å². The van der Waals surface area contributed by atoms with Gasteiger partial charge in [-0.2, -0.15) is 0 Å². The molecule has 1 aromatic carbocycles. The first-order valence-electron chi connectivity index (χ1n) is 5.21. The summed E-state index contributed by atoms with van der Waals surface area (Å²) in [5.41, 5.74) is 1.84. The minimum atomic E-state index is -3.38. The topological polar surface area (TPSA) is 46.2 Å². The molecule has 0 atom stereocenters. The smallest absolute Gasteiger partial charge is 0.211 e. The van der Waals surface area contributed by atoms with Crippen molar-refractivity contribution in [2.24, 2.45) is 0 Å². The predicted molar refractivity (Wildman–Crippen MR) is 65.9 cm³/mol. The highest BCUT2D eigenvalue weighted by atomic mass is 32.2. The number of nitrogens with one attached hydrogen (secondary N) is 1. The van der Waals surface area contributed by atoms with E-state index in [4.69, 9.17) is 0 Å². The van der Waals surface area contributed by atoms with E-state index in [1.807, 2.05) is 13.0 Å². The maximum Gasteiger partial charge on any atom is 0.240 e. The van der Waals surface area contributed by atoms with Crippen LogP contribution in [0, 0.1) is 6.92 Å². The monoisotopic (exact) mass is 239 g/mol. The third kappa shape index (κ3) is 2.93. The first-order chi connectivity index (χ1) is 7.51. The molecule has 1 N–H and O–H groups in total. The molecular weight excluding hydrogens is 222 g/mol. The zero-order valence-corrected chi connectivity index (χ0v) is 10.5. The molecule has 1 aromatic rings. The van der Waals surface area contributed by atoms with Crippen LogP contribution in [0.15, 0.2) is 35.7 Å². The standard InChI is InChI=1S/C12H17NO2S/c1-4-6-11-9-10(3)7-8-12(11)16(14,15)13-5-2/h4,7-9,13H,1,5-6H2,2-3H3. The molecule has 0 amide bonds. The lowest BCUT2D eigenvalue weighted by atomic mass is 10.1. The van der Waals surface area contributed by atoms with Crippen molar-refractivity contribution < 1.29 is 8.42 Å². The Morgan fingerprint density at radius 2 is 2.12 bits per heavy atom. The first-order valence-corrected chi connectivity index (χ1v) is 6.69. The van der Waals surface area contributed by atoms with Crippen molar-refractivity contribution in [2.75, 3.05) is 6.54 Å². The lowest BCUT2D eigenvalue weighted by Gasteiger charge is -2.10. The number of sulfonamides is 1. The number of hydrogen-bond donors (Lipinski definition) is 1. The second-order valence-electron chi connectivity index (χ2n) is 3.61. The van der Waals surface area contributed by atoms with Crippen molar-refractivity contribution in [3.8, 4) is 0 Å². The van der Waals surface area contributed by atoms with Gasteiger partial charge < -0.3 is 0 Å². The van der Waals surface area contributed by atoms with Crippen LogP contribution in [0.4, 0.5) is 0 Å². The second-order valence-corrected chi connectivity index (χ2v) is 5.34. The summed E-state index contributed by atoms with van der Waals surface area (Å²) in [4.78, 5) is 0.347. The normalized spacial score (nSPS) is 11.4. The quantitative estimate of drug-likeness (QED) is 0.799. The van der Waals surface area contributed by atoms with E-state index < -0.39 is 10.0 Å². The minimum Gasteiger partial charge on any atom is -0.211 e. The molecule has 0 aliphatic rings. The highest BCUT2D eigenvalue weighted by Gasteiger charge is 2.16. The molecule has 16 heavy (non-hydrogen) atoms. The molecule has 0 spiro atoms. The molecule has 0 aliphatic carbocycles. The Morgan fingerprint density at radius 1 is 1.44 bits per heavy atom. The van der Waals surface area contributed by atoms with Crippen LogP contribution in [0.5, 0.6) is 0 Å². The molecule has 0 saturated carbocycles. The van der Waals surface area contributed by atoms with Gasteiger partial charge >= 0.3 is 0 Å². The fraction of sp³-hybridized carbons (Fsp3) is 0.333. The van der Waals surface area contributed by atoms with Gasteiger partial charge in [-0.3, -0.25) is 0 Å². The van der Waals surface area contributed by atoms with Gasteiger partial charge in [0, 0.05) is 6.54 Å². The fourth-order valence-corrected chi connectivity index (χ4v) is 2.82. The number of benzene rings is 1. The molecule has 88 valence electrons. The largest absolute Gasteiger partial charge is 0.240 e. The highest BCUT2D eigenvalue weighted by Crippen LogP contribution is 2.18. The van der Waals surface area contributed by atoms with Crippen molar-refractivity contribution in [3.63, 3.8) is 0 Å². The van der Waals surface area contributed by atoms with E-state index in [0.29, 0.717) is 17.9 Å². The van der Waals surface area contributed by atoms with Crippen molar-refractivity contribution in [1.29, 1.82) is 0 Å². The molecular formula is C12H17NO2S. The van der Waals surface area contributed by atoms with Crippen LogP contribution in [-0.2, 0) is 16.4 Å². The Balaban J connectivity index is 3.27. The van der Waals surface area contributed by atoms with Gasteiger partial charge in [-0.05, 0) is 25.0 Å². The fourth-order valence-electron chi connectivity index (χ4n) is 1.55. The Bertz CT molecular complexity index is 478. The summed E-state index contributed by atoms with van der Waals surface area (Å²) in [6.45, 7) is 7.74. The summed E-state index contributed by atoms with van der Waals surface area (Å²) in [5, 5.41) is 0. The van der Waals surface area contributed by atoms with Crippen LogP contribution in [0.25, 0.3) is 0 Å². The van der Waals surface area contributed by atoms with Gasteiger partial charge in [0.1, 0.15) is 0 Å². The van der Waals surface area contributed by atoms with E-state index in [9.17, 15) is 8.42 Å². The molecule has 0 aliphatic heterocycles. The van der Waals surface area contributed by atoms with Crippen molar-refractivity contribution in [1.82, 2.24) is 4.72 Å². The molecule has 0 saturated heterocycles. The van der Waals surface area contributed by atoms with Crippen molar-refractivity contribution in [2.45, 2.75) is 25.2 Å². The summed E-state index contributed by atoms with van der Waals surface area (Å²) in [6.07, 6.45) is 2.27. The zero-order chi connectivity index (χ0) is 12.2. The maximum absolute atomic E-state index is 11.9. The van der Waals surface area contributed by atoms with E-state index in [0.717, 1.165) is 11.1 Å². The molecule has 4 heteroatoms. The van der Waals surface area contributed by atoms with E-state index >= 15 is 0 Å². The first kappa shape index (κ1) is 12.9. The highest BCUT2D eigenvalue weighted by molar-refractivity contribution is 7.89. The molecule has 0 aromatic heterocycles. The van der Waals surface area contributed by atoms with Gasteiger partial charge in [-0.1, -0.05) is 30.7 Å². The lowest BCUT2D eigenvalue weighted by molar-refractivity contribution is 0.583. The zero-order valence-electron chi connectivity index (χ0n) is 9.66. The SMILES string of the molecule is C=CCc1cc(C)ccc1S(=O)(=O)NCC. The molecule has 1 rings (SSSR count). The van der Waals surface area contributed by atoms with Gasteiger partial charge in [-0.15, -0.1) is 6.58 Å². The number of hydrogen-bond acceptors (Lipinski definition) is 2. The van der Waals surface area contributed by atoms with Crippen LogP contribution in [-0.4, -0.2) is 15.0 Å². The summed E-state index contributed by atoms with van der Waals surface area (Å²) in [7, 11) is -3.38. The third-order valence-corrected chi connectivity index (χ3v) is 3.85. The Morgan fingerprint density at radius 3 is 2.69 bits per heavy atom. The van der Waals surface area contributed by atoms with Gasteiger partial charge in [-0.25, -0.2) is 13.1 Å². The molecule has 3 nitrogen and oxygen atoms in total. The van der Waals surface area contributed by atoms with Crippen molar-refractivity contribution in [3.05, 3.63) is 42.0 Å². The van der Waals surface area contributed by atoms with Gasteiger partial charge in [0.05, 0.1) is 4.90 Å². The predicted octanol–water partition coefficient (Wildman–Crippen LogP) is 2.02. The van der Waals surface area contributed by atoms with Crippen LogP contribution in [0.3, 0.4) is 0 Å². The molecule has 0 bridgehead atoms. The number of aryl methyl sites for hydroxylation is 1. The van der Waals surface area contributed by atoms with Crippen LogP contribution >= 0.6 is 0 Å². The minimum absolute atomic E-state index is 0.347. The summed E-state index contributed by atoms with van der Waals surface area (Å²) >= 11 is 0. The van der Waals surface area contributed by atoms with E-state index in [2.05, 4.69) is 11.3 Å². The Hall–Kier alpha value is -1.13. The average Bonchev–Trinajstić information content (AvgIpc) is 2.17. The molecule has 0 radical (unpaired) electrons. The van der Waals surface area contributed by atoms with E-state index in [1.54, 1.807) is 25.1 Å². The Kier molecular flexibility index (Phi) is 4.26. The molecule has 0 fully saturated rings. The van der Waals surface area contributed by atoms with Crippen LogP contribution < -0.4 is 4.72 Å². The lowest BCUT2D eigenvalue weighted by Crippen LogP contribution is -2.24. The van der Waals surface area contributed by atoms with Gasteiger partial charge in [0.2, 0.25) is 10.0 Å². The van der Waals surface area contributed by atoms with E-state index in [1.165, 1.54) is 0 Å². The van der Waals surface area contributed by atoms with E-state index in [-0.39, 0.29) is 0 Å². The molecule has 0 heterocycles. The summed E-state index contributed by atoms with van der Waals surface area (Å²) in [6, 6.07) is 5.33. The summed E-state index contributed by atoms with van der Waals surface area (Å²) in [5.74, 6) is 0.